The van der Waals surface area contributed by atoms with Crippen LogP contribution in [0, 0.1) is 0 Å². The number of nitrogens with one attached hydrogen (secondary N) is 3. The van der Waals surface area contributed by atoms with Crippen LogP contribution >= 0.6 is 11.8 Å². The van der Waals surface area contributed by atoms with Crippen LogP contribution in [-0.4, -0.2) is 54.1 Å². The van der Waals surface area contributed by atoms with Crippen LogP contribution in [0.1, 0.15) is 23.2 Å². The Kier molecular flexibility index (Phi) is 6.45. The van der Waals surface area contributed by atoms with E-state index in [1.807, 2.05) is 60.9 Å². The smallest absolute Gasteiger partial charge is 0.265 e. The number of carbonyl (C=O) groups excluding carboxylic acids is 2. The van der Waals surface area contributed by atoms with Crippen molar-refractivity contribution >= 4 is 35.6 Å². The lowest BCUT2D eigenvalue weighted by atomic mass is 10.1. The molecule has 3 N–H and O–H groups in total. The maximum absolute atomic E-state index is 12.6. The number of amidine groups is 1. The zero-order valence-electron chi connectivity index (χ0n) is 17.7. The summed E-state index contributed by atoms with van der Waals surface area (Å²) in [5.74, 6) is 3.33. The molecule has 2 aliphatic heterocycles. The number of hydrogen-bond donors (Lipinski definition) is 3. The Bertz CT molecular complexity index is 974. The summed E-state index contributed by atoms with van der Waals surface area (Å²) in [6.07, 6.45) is 1.16. The van der Waals surface area contributed by atoms with E-state index in [2.05, 4.69) is 26.1 Å². The molecular weight excluding hydrogens is 414 g/mol. The number of aldehydes is 1. The second-order valence-electron chi connectivity index (χ2n) is 7.83. The zero-order valence-corrected chi connectivity index (χ0v) is 18.5. The molecule has 3 heterocycles. The highest BCUT2D eigenvalue weighted by atomic mass is 32.2. The molecule has 164 valence electrons. The van der Waals surface area contributed by atoms with Gasteiger partial charge in [-0.25, -0.2) is 4.68 Å². The molecule has 1 aromatic heterocycles. The van der Waals surface area contributed by atoms with Crippen LogP contribution in [0.5, 0.6) is 0 Å². The Morgan fingerprint density at radius 3 is 2.90 bits per heavy atom. The van der Waals surface area contributed by atoms with Gasteiger partial charge in [-0.15, -0.1) is 0 Å². The normalized spacial score (nSPS) is 17.9. The Morgan fingerprint density at radius 2 is 2.16 bits per heavy atom. The number of amides is 1. The topological polar surface area (TPSA) is 104 Å². The highest BCUT2D eigenvalue weighted by Gasteiger charge is 2.27. The van der Waals surface area contributed by atoms with E-state index < -0.39 is 12.2 Å². The number of hydrazone groups is 1. The Hall–Kier alpha value is -3.01. The average Bonchev–Trinajstić information content (AvgIpc) is 3.47. The second kappa shape index (κ2) is 9.42. The van der Waals surface area contributed by atoms with Gasteiger partial charge in [-0.3, -0.25) is 10.2 Å². The Labute approximate surface area is 185 Å². The lowest BCUT2D eigenvalue weighted by molar-refractivity contribution is -0.126. The zero-order chi connectivity index (χ0) is 21.8. The summed E-state index contributed by atoms with van der Waals surface area (Å²) in [5, 5.41) is 14.8. The predicted octanol–water partition coefficient (Wildman–Crippen LogP) is 0.845. The fraction of sp³-hybridized carbons (Fsp3) is 0.429. The molecule has 10 heteroatoms. The first-order valence-corrected chi connectivity index (χ1v) is 11.4. The minimum atomic E-state index is -0.691. The Morgan fingerprint density at radius 1 is 1.35 bits per heavy atom. The largest absolute Gasteiger partial charge is 0.363 e. The van der Waals surface area contributed by atoms with Crippen molar-refractivity contribution < 1.29 is 9.59 Å². The van der Waals surface area contributed by atoms with Gasteiger partial charge in [0, 0.05) is 44.1 Å². The number of nitrogens with zero attached hydrogens (tertiary/aromatic N) is 4. The highest BCUT2D eigenvalue weighted by Crippen LogP contribution is 2.35. The van der Waals surface area contributed by atoms with Gasteiger partial charge in [0.05, 0.1) is 11.7 Å². The van der Waals surface area contributed by atoms with Crippen LogP contribution in [0.4, 0.5) is 5.82 Å². The van der Waals surface area contributed by atoms with Gasteiger partial charge >= 0.3 is 0 Å². The molecule has 2 aliphatic rings. The van der Waals surface area contributed by atoms with E-state index in [4.69, 9.17) is 5.10 Å². The molecule has 1 amide bonds. The lowest BCUT2D eigenvalue weighted by Crippen LogP contribution is -2.52. The first-order chi connectivity index (χ1) is 15.0. The SMILES string of the molecule is CN(C)c1c2c(nn1CCC(C=O)NC(=O)C1NN=C(Cc3ccccc3)N1)CSC2. The fourth-order valence-corrected chi connectivity index (χ4v) is 4.82. The molecule has 0 fully saturated rings. The van der Waals surface area contributed by atoms with Crippen LogP contribution in [0.25, 0.3) is 0 Å². The van der Waals surface area contributed by atoms with Crippen LogP contribution < -0.4 is 21.0 Å². The first kappa shape index (κ1) is 21.2. The van der Waals surface area contributed by atoms with Crippen molar-refractivity contribution in [2.45, 2.75) is 43.1 Å². The minimum Gasteiger partial charge on any atom is -0.363 e. The molecule has 0 spiro atoms. The van der Waals surface area contributed by atoms with Crippen molar-refractivity contribution in [3.63, 3.8) is 0 Å². The van der Waals surface area contributed by atoms with Crippen molar-refractivity contribution in [1.29, 1.82) is 0 Å². The van der Waals surface area contributed by atoms with E-state index >= 15 is 0 Å². The lowest BCUT2D eigenvalue weighted by Gasteiger charge is -2.19. The molecule has 2 aromatic rings. The number of aryl methyl sites for hydroxylation is 1. The fourth-order valence-electron chi connectivity index (χ4n) is 3.79. The number of carbonyl (C=O) groups is 2. The van der Waals surface area contributed by atoms with E-state index in [-0.39, 0.29) is 5.91 Å². The number of thioether (sulfide) groups is 1. The summed E-state index contributed by atoms with van der Waals surface area (Å²) >= 11 is 1.86. The molecule has 0 saturated heterocycles. The van der Waals surface area contributed by atoms with Crippen LogP contribution in [-0.2, 0) is 34.1 Å². The van der Waals surface area contributed by atoms with E-state index in [9.17, 15) is 9.59 Å². The molecule has 9 nitrogen and oxygen atoms in total. The van der Waals surface area contributed by atoms with Crippen LogP contribution in [0.2, 0.25) is 0 Å². The van der Waals surface area contributed by atoms with Gasteiger partial charge in [0.1, 0.15) is 17.9 Å². The van der Waals surface area contributed by atoms with Crippen LogP contribution in [0.3, 0.4) is 0 Å². The van der Waals surface area contributed by atoms with Gasteiger partial charge in [-0.1, -0.05) is 30.3 Å². The number of benzene rings is 1. The standard InChI is InChI=1S/C21H27N7O2S/c1-27(2)21-16-12-31-13-17(16)26-28(21)9-8-15(11-29)22-20(30)19-23-18(24-25-19)10-14-6-4-3-5-7-14/h3-7,11,15,19,25H,8-10,12-13H2,1-2H3,(H,22,30)(H,23,24). The molecule has 31 heavy (non-hydrogen) atoms. The van der Waals surface area contributed by atoms with Crippen molar-refractivity contribution in [3.8, 4) is 0 Å². The van der Waals surface area contributed by atoms with Crippen molar-refractivity contribution in [3.05, 3.63) is 47.2 Å². The quantitative estimate of drug-likeness (QED) is 0.496. The van der Waals surface area contributed by atoms with E-state index in [0.29, 0.717) is 25.2 Å². The number of hydrogen-bond acceptors (Lipinski definition) is 8. The van der Waals surface area contributed by atoms with Gasteiger partial charge in [0.2, 0.25) is 0 Å². The van der Waals surface area contributed by atoms with Crippen molar-refractivity contribution in [2.24, 2.45) is 5.10 Å². The minimum absolute atomic E-state index is 0.309. The molecule has 0 saturated carbocycles. The maximum Gasteiger partial charge on any atom is 0.265 e. The second-order valence-corrected chi connectivity index (χ2v) is 8.81. The van der Waals surface area contributed by atoms with Crippen molar-refractivity contribution in [1.82, 2.24) is 25.8 Å². The number of anilines is 1. The predicted molar refractivity (Wildman–Crippen MR) is 122 cm³/mol. The summed E-state index contributed by atoms with van der Waals surface area (Å²) < 4.78 is 1.94. The van der Waals surface area contributed by atoms with E-state index in [1.165, 1.54) is 5.56 Å². The molecule has 0 radical (unpaired) electrons. The summed E-state index contributed by atoms with van der Waals surface area (Å²) in [6, 6.07) is 9.30. The third-order valence-electron chi connectivity index (χ3n) is 5.27. The average molecular weight is 442 g/mol. The molecule has 0 bridgehead atoms. The van der Waals surface area contributed by atoms with Crippen molar-refractivity contribution in [2.75, 3.05) is 19.0 Å². The summed E-state index contributed by atoms with van der Waals surface area (Å²) in [6.45, 7) is 0.552. The first-order valence-electron chi connectivity index (χ1n) is 10.3. The molecule has 4 rings (SSSR count). The Balaban J connectivity index is 1.30. The summed E-state index contributed by atoms with van der Waals surface area (Å²) in [7, 11) is 4.00. The van der Waals surface area contributed by atoms with Gasteiger partial charge in [-0.2, -0.15) is 22.0 Å². The molecule has 2 atom stereocenters. The molecular formula is C21H27N7O2S. The molecule has 1 aromatic carbocycles. The maximum atomic E-state index is 12.6. The number of aromatic nitrogens is 2. The molecule has 2 unspecified atom stereocenters. The van der Waals surface area contributed by atoms with E-state index in [1.54, 1.807) is 0 Å². The highest BCUT2D eigenvalue weighted by molar-refractivity contribution is 7.98. The van der Waals surface area contributed by atoms with Gasteiger partial charge in [-0.05, 0) is 12.0 Å². The third-order valence-corrected chi connectivity index (χ3v) is 6.24. The van der Waals surface area contributed by atoms with Crippen LogP contribution in [0.15, 0.2) is 35.4 Å². The monoisotopic (exact) mass is 441 g/mol. The number of fused-ring (bicyclic) bond motifs is 1. The number of rotatable bonds is 9. The van der Waals surface area contributed by atoms with E-state index in [0.717, 1.165) is 34.9 Å². The van der Waals surface area contributed by atoms with Gasteiger partial charge < -0.3 is 20.3 Å². The van der Waals surface area contributed by atoms with Gasteiger partial charge in [0.25, 0.3) is 5.91 Å². The summed E-state index contributed by atoms with van der Waals surface area (Å²) in [5.41, 5.74) is 6.28. The third kappa shape index (κ3) is 4.84. The van der Waals surface area contributed by atoms with Gasteiger partial charge in [0.15, 0.2) is 6.17 Å². The summed E-state index contributed by atoms with van der Waals surface area (Å²) in [4.78, 5) is 26.3. The molecule has 0 aliphatic carbocycles.